The third-order valence-electron chi connectivity index (χ3n) is 6.21. The summed E-state index contributed by atoms with van der Waals surface area (Å²) in [6.45, 7) is 9.00. The summed E-state index contributed by atoms with van der Waals surface area (Å²) in [6, 6.07) is 12.9. The SMILES string of the molecule is C=CCN1CCN(C(=O)C(C)n2nccc2C)C(Cc2ccc(-c3ccncc3)cc2)C1=O. The molecule has 2 aromatic heterocycles. The highest BCUT2D eigenvalue weighted by atomic mass is 16.2. The number of aryl methyl sites for hydroxylation is 1. The van der Waals surface area contributed by atoms with Crippen LogP contribution in [0.25, 0.3) is 11.1 Å². The van der Waals surface area contributed by atoms with Gasteiger partial charge in [0, 0.05) is 50.3 Å². The molecule has 2 amide bonds. The minimum Gasteiger partial charge on any atom is -0.335 e. The van der Waals surface area contributed by atoms with Crippen LogP contribution in [0.2, 0.25) is 0 Å². The zero-order valence-corrected chi connectivity index (χ0v) is 19.1. The topological polar surface area (TPSA) is 71.3 Å². The lowest BCUT2D eigenvalue weighted by Gasteiger charge is -2.41. The average Bonchev–Trinajstić information content (AvgIpc) is 3.27. The van der Waals surface area contributed by atoms with Crippen LogP contribution in [0.5, 0.6) is 0 Å². The summed E-state index contributed by atoms with van der Waals surface area (Å²) in [6.07, 6.45) is 7.41. The van der Waals surface area contributed by atoms with Gasteiger partial charge in [-0.25, -0.2) is 0 Å². The van der Waals surface area contributed by atoms with Crippen LogP contribution in [0, 0.1) is 6.92 Å². The molecular weight excluding hydrogens is 414 g/mol. The second-order valence-electron chi connectivity index (χ2n) is 8.35. The van der Waals surface area contributed by atoms with Crippen molar-refractivity contribution in [2.75, 3.05) is 19.6 Å². The fourth-order valence-corrected chi connectivity index (χ4v) is 4.37. The zero-order chi connectivity index (χ0) is 23.4. The first kappa shape index (κ1) is 22.5. The standard InChI is InChI=1S/C26H29N5O2/c1-4-15-29-16-17-30(25(32)20(3)31-19(2)9-14-28-31)24(26(29)33)18-21-5-7-22(8-6-21)23-10-12-27-13-11-23/h4-14,20,24H,1,15-18H2,2-3H3. The Hall–Kier alpha value is -3.74. The number of pyridine rings is 1. The molecule has 0 bridgehead atoms. The number of carbonyl (C=O) groups excluding carboxylic acids is 2. The Morgan fingerprint density at radius 1 is 1.09 bits per heavy atom. The summed E-state index contributed by atoms with van der Waals surface area (Å²) in [4.78, 5) is 34.4. The molecule has 0 radical (unpaired) electrons. The number of nitrogens with zero attached hydrogens (tertiary/aromatic N) is 5. The number of carbonyl (C=O) groups is 2. The number of benzene rings is 1. The van der Waals surface area contributed by atoms with Gasteiger partial charge in [0.1, 0.15) is 12.1 Å². The van der Waals surface area contributed by atoms with Gasteiger partial charge in [-0.05, 0) is 48.7 Å². The van der Waals surface area contributed by atoms with Gasteiger partial charge in [-0.2, -0.15) is 5.10 Å². The molecule has 1 aliphatic rings. The molecule has 7 nitrogen and oxygen atoms in total. The van der Waals surface area contributed by atoms with Crippen LogP contribution in [0.1, 0.15) is 24.2 Å². The lowest BCUT2D eigenvalue weighted by Crippen LogP contribution is -2.60. The van der Waals surface area contributed by atoms with Gasteiger partial charge in [-0.3, -0.25) is 19.3 Å². The molecular formula is C26H29N5O2. The minimum atomic E-state index is -0.559. The Labute approximate surface area is 194 Å². The Balaban J connectivity index is 1.58. The third-order valence-corrected chi connectivity index (χ3v) is 6.21. The van der Waals surface area contributed by atoms with Crippen molar-refractivity contribution in [3.05, 3.63) is 85.0 Å². The molecule has 3 aromatic rings. The maximum Gasteiger partial charge on any atom is 0.247 e. The highest BCUT2D eigenvalue weighted by Crippen LogP contribution is 2.23. The normalized spacial score (nSPS) is 17.2. The van der Waals surface area contributed by atoms with E-state index in [1.165, 1.54) is 0 Å². The van der Waals surface area contributed by atoms with Crippen LogP contribution < -0.4 is 0 Å². The van der Waals surface area contributed by atoms with Crippen molar-refractivity contribution >= 4 is 11.8 Å². The predicted octanol–water partition coefficient (Wildman–Crippen LogP) is 3.28. The van der Waals surface area contributed by atoms with Crippen LogP contribution in [-0.2, 0) is 16.0 Å². The molecule has 2 atom stereocenters. The van der Waals surface area contributed by atoms with Gasteiger partial charge >= 0.3 is 0 Å². The summed E-state index contributed by atoms with van der Waals surface area (Å²) in [5, 5.41) is 4.30. The van der Waals surface area contributed by atoms with Crippen molar-refractivity contribution in [3.8, 4) is 11.1 Å². The lowest BCUT2D eigenvalue weighted by atomic mass is 9.98. The van der Waals surface area contributed by atoms with Crippen molar-refractivity contribution in [1.29, 1.82) is 0 Å². The summed E-state index contributed by atoms with van der Waals surface area (Å²) in [5.74, 6) is -0.135. The fourth-order valence-electron chi connectivity index (χ4n) is 4.37. The summed E-state index contributed by atoms with van der Waals surface area (Å²) in [5.41, 5.74) is 4.09. The van der Waals surface area contributed by atoms with Crippen molar-refractivity contribution < 1.29 is 9.59 Å². The van der Waals surface area contributed by atoms with E-state index in [4.69, 9.17) is 0 Å². The summed E-state index contributed by atoms with van der Waals surface area (Å²) >= 11 is 0. The van der Waals surface area contributed by atoms with Gasteiger partial charge < -0.3 is 9.80 Å². The van der Waals surface area contributed by atoms with Crippen molar-refractivity contribution in [3.63, 3.8) is 0 Å². The number of hydrogen-bond donors (Lipinski definition) is 0. The first-order valence-corrected chi connectivity index (χ1v) is 11.2. The molecule has 4 rings (SSSR count). The van der Waals surface area contributed by atoms with Crippen LogP contribution in [0.15, 0.2) is 73.7 Å². The Morgan fingerprint density at radius 3 is 2.42 bits per heavy atom. The molecule has 170 valence electrons. The van der Waals surface area contributed by atoms with Gasteiger partial charge in [-0.15, -0.1) is 6.58 Å². The average molecular weight is 444 g/mol. The van der Waals surface area contributed by atoms with Crippen LogP contribution in [0.4, 0.5) is 0 Å². The van der Waals surface area contributed by atoms with E-state index < -0.39 is 12.1 Å². The number of aromatic nitrogens is 3. The van der Waals surface area contributed by atoms with E-state index in [9.17, 15) is 9.59 Å². The predicted molar refractivity (Wildman–Crippen MR) is 127 cm³/mol. The van der Waals surface area contributed by atoms with E-state index in [0.29, 0.717) is 26.1 Å². The Bertz CT molecular complexity index is 1120. The molecule has 1 saturated heterocycles. The number of piperazine rings is 1. The monoisotopic (exact) mass is 443 g/mol. The zero-order valence-electron chi connectivity index (χ0n) is 19.1. The maximum absolute atomic E-state index is 13.5. The van der Waals surface area contributed by atoms with E-state index in [-0.39, 0.29) is 11.8 Å². The van der Waals surface area contributed by atoms with E-state index in [2.05, 4.69) is 16.7 Å². The van der Waals surface area contributed by atoms with Crippen LogP contribution >= 0.6 is 0 Å². The van der Waals surface area contributed by atoms with Gasteiger partial charge in [0.05, 0.1) is 0 Å². The fraction of sp³-hybridized carbons (Fsp3) is 0.308. The first-order chi connectivity index (χ1) is 16.0. The van der Waals surface area contributed by atoms with Gasteiger partial charge in [0.15, 0.2) is 0 Å². The second-order valence-corrected chi connectivity index (χ2v) is 8.35. The van der Waals surface area contributed by atoms with Gasteiger partial charge in [0.25, 0.3) is 0 Å². The number of amides is 2. The van der Waals surface area contributed by atoms with E-state index in [1.54, 1.807) is 39.1 Å². The molecule has 0 aliphatic carbocycles. The number of hydrogen-bond acceptors (Lipinski definition) is 4. The Kier molecular flexibility index (Phi) is 6.68. The molecule has 1 fully saturated rings. The molecule has 7 heteroatoms. The first-order valence-electron chi connectivity index (χ1n) is 11.2. The molecule has 1 aromatic carbocycles. The highest BCUT2D eigenvalue weighted by molar-refractivity contribution is 5.90. The highest BCUT2D eigenvalue weighted by Gasteiger charge is 2.39. The Morgan fingerprint density at radius 2 is 1.79 bits per heavy atom. The van der Waals surface area contributed by atoms with E-state index in [0.717, 1.165) is 22.4 Å². The largest absolute Gasteiger partial charge is 0.335 e. The third kappa shape index (κ3) is 4.72. The van der Waals surface area contributed by atoms with E-state index >= 15 is 0 Å². The molecule has 3 heterocycles. The summed E-state index contributed by atoms with van der Waals surface area (Å²) < 4.78 is 1.71. The van der Waals surface area contributed by atoms with Gasteiger partial charge in [-0.1, -0.05) is 30.3 Å². The summed E-state index contributed by atoms with van der Waals surface area (Å²) in [7, 11) is 0. The van der Waals surface area contributed by atoms with Crippen LogP contribution in [0.3, 0.4) is 0 Å². The molecule has 2 unspecified atom stereocenters. The van der Waals surface area contributed by atoms with Crippen molar-refractivity contribution in [1.82, 2.24) is 24.6 Å². The molecule has 33 heavy (non-hydrogen) atoms. The minimum absolute atomic E-state index is 0.0444. The lowest BCUT2D eigenvalue weighted by molar-refractivity contribution is -0.152. The molecule has 0 N–H and O–H groups in total. The van der Waals surface area contributed by atoms with Crippen molar-refractivity contribution in [2.24, 2.45) is 0 Å². The maximum atomic E-state index is 13.5. The second kappa shape index (κ2) is 9.81. The molecule has 1 aliphatic heterocycles. The van der Waals surface area contributed by atoms with Gasteiger partial charge in [0.2, 0.25) is 11.8 Å². The molecule has 0 saturated carbocycles. The van der Waals surface area contributed by atoms with E-state index in [1.807, 2.05) is 56.3 Å². The number of rotatable bonds is 7. The van der Waals surface area contributed by atoms with Crippen LogP contribution in [-0.4, -0.2) is 62.1 Å². The molecule has 0 spiro atoms. The quantitative estimate of drug-likeness (QED) is 0.526. The van der Waals surface area contributed by atoms with Crippen molar-refractivity contribution in [2.45, 2.75) is 32.4 Å². The smallest absolute Gasteiger partial charge is 0.247 e.